The van der Waals surface area contributed by atoms with Crippen molar-refractivity contribution >= 4 is 17.7 Å². The van der Waals surface area contributed by atoms with Crippen LogP contribution in [0.2, 0.25) is 0 Å². The second-order valence-corrected chi connectivity index (χ2v) is 4.55. The predicted molar refractivity (Wildman–Crippen MR) is 81.6 cm³/mol. The van der Waals surface area contributed by atoms with Gasteiger partial charge in [-0.2, -0.15) is 0 Å². The van der Waals surface area contributed by atoms with E-state index in [9.17, 15) is 18.0 Å². The first-order valence-electron chi connectivity index (χ1n) is 6.86. The quantitative estimate of drug-likeness (QED) is 0.663. The number of hydrogen-bond donors (Lipinski definition) is 1. The van der Waals surface area contributed by atoms with Gasteiger partial charge in [-0.05, 0) is 42.8 Å². The molecule has 1 N–H and O–H groups in total. The Morgan fingerprint density at radius 3 is 2.43 bits per heavy atom. The maximum atomic E-state index is 13.4. The zero-order chi connectivity index (χ0) is 16.8. The van der Waals surface area contributed by atoms with E-state index in [1.165, 1.54) is 6.08 Å². The van der Waals surface area contributed by atoms with Crippen molar-refractivity contribution in [2.45, 2.75) is 6.92 Å². The van der Waals surface area contributed by atoms with Crippen LogP contribution >= 0.6 is 0 Å². The molecule has 0 aromatic heterocycles. The Hall–Kier alpha value is -2.76. The summed E-state index contributed by atoms with van der Waals surface area (Å²) in [5, 5.41) is 2.15. The van der Waals surface area contributed by atoms with Gasteiger partial charge in [-0.25, -0.2) is 13.2 Å². The van der Waals surface area contributed by atoms with Crippen LogP contribution in [0.5, 0.6) is 5.75 Å². The molecule has 120 valence electrons. The third-order valence-electron chi connectivity index (χ3n) is 2.91. The summed E-state index contributed by atoms with van der Waals surface area (Å²) in [4.78, 5) is 11.7. The summed E-state index contributed by atoms with van der Waals surface area (Å²) in [6, 6.07) is 8.67. The Kier molecular flexibility index (Phi) is 5.41. The van der Waals surface area contributed by atoms with E-state index in [0.29, 0.717) is 12.4 Å². The van der Waals surface area contributed by atoms with Gasteiger partial charge in [-0.1, -0.05) is 12.1 Å². The smallest absolute Gasteiger partial charge is 0.248 e. The Bertz CT molecular complexity index is 727. The van der Waals surface area contributed by atoms with Crippen LogP contribution in [0.4, 0.5) is 18.9 Å². The summed E-state index contributed by atoms with van der Waals surface area (Å²) < 4.78 is 44.6. The Morgan fingerprint density at radius 1 is 1.09 bits per heavy atom. The topological polar surface area (TPSA) is 38.3 Å². The molecule has 2 aromatic rings. The first-order valence-corrected chi connectivity index (χ1v) is 6.86. The highest BCUT2D eigenvalue weighted by Gasteiger charge is 2.14. The number of nitrogens with one attached hydrogen (secondary N) is 1. The van der Waals surface area contributed by atoms with Gasteiger partial charge in [0.2, 0.25) is 5.91 Å². The summed E-state index contributed by atoms with van der Waals surface area (Å²) in [6.07, 6.45) is 2.67. The fraction of sp³-hybridized carbons (Fsp3) is 0.118. The number of amides is 1. The van der Waals surface area contributed by atoms with Crippen molar-refractivity contribution in [3.63, 3.8) is 0 Å². The number of halogens is 3. The molecule has 23 heavy (non-hydrogen) atoms. The van der Waals surface area contributed by atoms with E-state index in [-0.39, 0.29) is 0 Å². The molecule has 0 aliphatic carbocycles. The molecular weight excluding hydrogens is 307 g/mol. The minimum absolute atomic E-state index is 0.426. The molecule has 1 amide bonds. The van der Waals surface area contributed by atoms with E-state index in [0.717, 1.165) is 23.8 Å². The number of rotatable bonds is 5. The van der Waals surface area contributed by atoms with Gasteiger partial charge in [0.15, 0.2) is 17.5 Å². The molecule has 2 aromatic carbocycles. The van der Waals surface area contributed by atoms with Gasteiger partial charge >= 0.3 is 0 Å². The highest BCUT2D eigenvalue weighted by Crippen LogP contribution is 2.19. The van der Waals surface area contributed by atoms with Crippen LogP contribution in [-0.2, 0) is 4.79 Å². The molecule has 0 fully saturated rings. The number of ether oxygens (including phenoxy) is 1. The molecule has 0 heterocycles. The monoisotopic (exact) mass is 321 g/mol. The maximum absolute atomic E-state index is 13.4. The highest BCUT2D eigenvalue weighted by atomic mass is 19.2. The predicted octanol–water partition coefficient (Wildman–Crippen LogP) is 4.15. The summed E-state index contributed by atoms with van der Waals surface area (Å²) in [6.45, 7) is 2.42. The Morgan fingerprint density at radius 2 is 1.78 bits per heavy atom. The number of benzene rings is 2. The summed E-state index contributed by atoms with van der Waals surface area (Å²) in [5.41, 5.74) is 0.305. The second-order valence-electron chi connectivity index (χ2n) is 4.55. The van der Waals surface area contributed by atoms with Crippen molar-refractivity contribution in [1.82, 2.24) is 0 Å². The highest BCUT2D eigenvalue weighted by molar-refractivity contribution is 6.02. The molecule has 0 radical (unpaired) electrons. The minimum Gasteiger partial charge on any atom is -0.494 e. The van der Waals surface area contributed by atoms with Gasteiger partial charge in [0.1, 0.15) is 5.75 Å². The fourth-order valence-electron chi connectivity index (χ4n) is 1.81. The lowest BCUT2D eigenvalue weighted by Gasteiger charge is -2.05. The van der Waals surface area contributed by atoms with Crippen LogP contribution in [0.25, 0.3) is 6.08 Å². The van der Waals surface area contributed by atoms with Crippen LogP contribution in [0.1, 0.15) is 12.5 Å². The fourth-order valence-corrected chi connectivity index (χ4v) is 1.81. The first-order chi connectivity index (χ1) is 11.0. The third-order valence-corrected chi connectivity index (χ3v) is 2.91. The van der Waals surface area contributed by atoms with E-state index in [4.69, 9.17) is 4.74 Å². The number of carbonyl (C=O) groups excluding carboxylic acids is 1. The average molecular weight is 321 g/mol. The van der Waals surface area contributed by atoms with Gasteiger partial charge in [0.25, 0.3) is 0 Å². The molecule has 0 aliphatic rings. The molecule has 0 unspecified atom stereocenters. The number of hydrogen-bond acceptors (Lipinski definition) is 2. The Labute approximate surface area is 131 Å². The van der Waals surface area contributed by atoms with Crippen molar-refractivity contribution in [3.05, 3.63) is 65.5 Å². The molecule has 3 nitrogen and oxygen atoms in total. The van der Waals surface area contributed by atoms with Crippen LogP contribution in [0.15, 0.2) is 42.5 Å². The summed E-state index contributed by atoms with van der Waals surface area (Å²) in [5.74, 6) is -4.33. The van der Waals surface area contributed by atoms with E-state index in [1.807, 2.05) is 6.92 Å². The molecule has 0 spiro atoms. The maximum Gasteiger partial charge on any atom is 0.248 e. The SMILES string of the molecule is CCOc1ccc(/C=C/C(=O)Nc2ccc(F)c(F)c2F)cc1. The van der Waals surface area contributed by atoms with E-state index in [2.05, 4.69) is 5.32 Å². The number of carbonyl (C=O) groups is 1. The summed E-state index contributed by atoms with van der Waals surface area (Å²) in [7, 11) is 0. The van der Waals surface area contributed by atoms with Crippen LogP contribution in [-0.4, -0.2) is 12.5 Å². The van der Waals surface area contributed by atoms with Crippen molar-refractivity contribution in [1.29, 1.82) is 0 Å². The van der Waals surface area contributed by atoms with Crippen molar-refractivity contribution in [2.24, 2.45) is 0 Å². The van der Waals surface area contributed by atoms with Gasteiger partial charge in [-0.15, -0.1) is 0 Å². The van der Waals surface area contributed by atoms with Gasteiger partial charge in [-0.3, -0.25) is 4.79 Å². The van der Waals surface area contributed by atoms with Gasteiger partial charge in [0.05, 0.1) is 12.3 Å². The summed E-state index contributed by atoms with van der Waals surface area (Å²) >= 11 is 0. The van der Waals surface area contributed by atoms with Crippen molar-refractivity contribution < 1.29 is 22.7 Å². The molecule has 2 rings (SSSR count). The van der Waals surface area contributed by atoms with Crippen molar-refractivity contribution in [3.8, 4) is 5.75 Å². The lowest BCUT2D eigenvalue weighted by Crippen LogP contribution is -2.10. The second kappa shape index (κ2) is 7.49. The largest absolute Gasteiger partial charge is 0.494 e. The van der Waals surface area contributed by atoms with Gasteiger partial charge < -0.3 is 10.1 Å². The minimum atomic E-state index is -1.63. The third kappa shape index (κ3) is 4.35. The van der Waals surface area contributed by atoms with Crippen LogP contribution in [0.3, 0.4) is 0 Å². The van der Waals surface area contributed by atoms with Gasteiger partial charge in [0, 0.05) is 6.08 Å². The van der Waals surface area contributed by atoms with Crippen LogP contribution < -0.4 is 10.1 Å². The molecule has 0 saturated carbocycles. The molecule has 0 aliphatic heterocycles. The van der Waals surface area contributed by atoms with E-state index < -0.39 is 29.0 Å². The Balaban J connectivity index is 2.03. The lowest BCUT2D eigenvalue weighted by molar-refractivity contribution is -0.111. The normalized spacial score (nSPS) is 10.8. The lowest BCUT2D eigenvalue weighted by atomic mass is 10.2. The molecular formula is C17H14F3NO2. The van der Waals surface area contributed by atoms with Crippen molar-refractivity contribution in [2.75, 3.05) is 11.9 Å². The molecule has 6 heteroatoms. The number of anilines is 1. The zero-order valence-electron chi connectivity index (χ0n) is 12.3. The first kappa shape index (κ1) is 16.6. The standard InChI is InChI=1S/C17H14F3NO2/c1-2-23-12-6-3-11(4-7-12)5-10-15(22)21-14-9-8-13(18)16(19)17(14)20/h3-10H,2H2,1H3,(H,21,22)/b10-5+. The zero-order valence-corrected chi connectivity index (χ0v) is 12.3. The van der Waals surface area contributed by atoms with E-state index >= 15 is 0 Å². The molecule has 0 atom stereocenters. The van der Waals surface area contributed by atoms with Crippen LogP contribution in [0, 0.1) is 17.5 Å². The molecule has 0 bridgehead atoms. The molecule has 0 saturated heterocycles. The average Bonchev–Trinajstić information content (AvgIpc) is 2.55. The van der Waals surface area contributed by atoms with E-state index in [1.54, 1.807) is 24.3 Å².